The summed E-state index contributed by atoms with van der Waals surface area (Å²) in [7, 11) is 0. The van der Waals surface area contributed by atoms with Crippen LogP contribution < -0.4 is 0 Å². The Morgan fingerprint density at radius 2 is 2.23 bits per heavy atom. The SMILES string of the molecule is [CH2]c1cnn(-c2cccc(F)c2)c1. The van der Waals surface area contributed by atoms with Crippen molar-refractivity contribution in [3.05, 3.63) is 55.0 Å². The van der Waals surface area contributed by atoms with Crippen molar-refractivity contribution in [1.29, 1.82) is 0 Å². The summed E-state index contributed by atoms with van der Waals surface area (Å²) in [6.45, 7) is 3.71. The molecule has 0 amide bonds. The van der Waals surface area contributed by atoms with E-state index in [1.165, 1.54) is 12.1 Å². The molecule has 2 rings (SSSR count). The van der Waals surface area contributed by atoms with E-state index >= 15 is 0 Å². The van der Waals surface area contributed by atoms with Gasteiger partial charge in [-0.15, -0.1) is 0 Å². The normalized spacial score (nSPS) is 10.3. The molecule has 0 spiro atoms. The third-order valence-electron chi connectivity index (χ3n) is 1.71. The van der Waals surface area contributed by atoms with Gasteiger partial charge in [-0.05, 0) is 30.7 Å². The molecule has 13 heavy (non-hydrogen) atoms. The number of halogens is 1. The van der Waals surface area contributed by atoms with Crippen LogP contribution in [0.1, 0.15) is 5.56 Å². The number of rotatable bonds is 1. The van der Waals surface area contributed by atoms with Gasteiger partial charge < -0.3 is 0 Å². The Balaban J connectivity index is 2.46. The van der Waals surface area contributed by atoms with Crippen LogP contribution in [0, 0.1) is 12.7 Å². The summed E-state index contributed by atoms with van der Waals surface area (Å²) >= 11 is 0. The van der Waals surface area contributed by atoms with E-state index in [-0.39, 0.29) is 5.82 Å². The van der Waals surface area contributed by atoms with Crippen LogP contribution in [0.2, 0.25) is 0 Å². The molecule has 0 atom stereocenters. The standard InChI is InChI=1S/C10H8FN2/c1-8-6-12-13(7-8)10-4-2-3-9(11)5-10/h2-7H,1H2. The maximum Gasteiger partial charge on any atom is 0.125 e. The van der Waals surface area contributed by atoms with Crippen LogP contribution in [-0.2, 0) is 0 Å². The van der Waals surface area contributed by atoms with E-state index in [2.05, 4.69) is 12.0 Å². The van der Waals surface area contributed by atoms with Crippen molar-refractivity contribution in [3.8, 4) is 5.69 Å². The molecule has 0 aliphatic carbocycles. The van der Waals surface area contributed by atoms with Crippen molar-refractivity contribution in [2.45, 2.75) is 0 Å². The number of aromatic nitrogens is 2. The number of benzene rings is 1. The molecule has 1 aromatic heterocycles. The van der Waals surface area contributed by atoms with Gasteiger partial charge in [0.15, 0.2) is 0 Å². The number of hydrogen-bond acceptors (Lipinski definition) is 1. The Bertz CT molecular complexity index is 420. The maximum atomic E-state index is 12.8. The highest BCUT2D eigenvalue weighted by Gasteiger charge is 1.98. The fourth-order valence-corrected chi connectivity index (χ4v) is 1.12. The summed E-state index contributed by atoms with van der Waals surface area (Å²) < 4.78 is 14.4. The van der Waals surface area contributed by atoms with E-state index < -0.39 is 0 Å². The van der Waals surface area contributed by atoms with Gasteiger partial charge in [0.05, 0.1) is 11.9 Å². The minimum atomic E-state index is -0.265. The first-order chi connectivity index (χ1) is 6.25. The Morgan fingerprint density at radius 1 is 1.38 bits per heavy atom. The average Bonchev–Trinajstić information content (AvgIpc) is 2.52. The Labute approximate surface area is 75.6 Å². The van der Waals surface area contributed by atoms with Crippen LogP contribution in [0.4, 0.5) is 4.39 Å². The molecule has 0 fully saturated rings. The highest BCUT2D eigenvalue weighted by atomic mass is 19.1. The summed E-state index contributed by atoms with van der Waals surface area (Å²) in [5.41, 5.74) is 1.51. The van der Waals surface area contributed by atoms with Crippen LogP contribution in [0.15, 0.2) is 36.7 Å². The predicted octanol–water partition coefficient (Wildman–Crippen LogP) is 2.19. The smallest absolute Gasteiger partial charge is 0.125 e. The second-order valence-electron chi connectivity index (χ2n) is 2.77. The summed E-state index contributed by atoms with van der Waals surface area (Å²) in [6, 6.07) is 6.26. The van der Waals surface area contributed by atoms with Crippen molar-refractivity contribution >= 4 is 0 Å². The van der Waals surface area contributed by atoms with E-state index in [1.807, 2.05) is 0 Å². The van der Waals surface area contributed by atoms with Crippen molar-refractivity contribution in [2.75, 3.05) is 0 Å². The van der Waals surface area contributed by atoms with Gasteiger partial charge in [-0.2, -0.15) is 5.10 Å². The third kappa shape index (κ3) is 1.59. The molecule has 1 aromatic carbocycles. The lowest BCUT2D eigenvalue weighted by Gasteiger charge is -1.99. The quantitative estimate of drug-likeness (QED) is 0.649. The molecular formula is C10H8FN2. The molecule has 65 valence electrons. The van der Waals surface area contributed by atoms with Gasteiger partial charge in [0.1, 0.15) is 5.82 Å². The van der Waals surface area contributed by atoms with Gasteiger partial charge in [0.2, 0.25) is 0 Å². The first-order valence-corrected chi connectivity index (χ1v) is 3.88. The third-order valence-corrected chi connectivity index (χ3v) is 1.71. The Morgan fingerprint density at radius 3 is 2.85 bits per heavy atom. The first-order valence-electron chi connectivity index (χ1n) is 3.88. The molecule has 0 saturated carbocycles. The van der Waals surface area contributed by atoms with Gasteiger partial charge >= 0.3 is 0 Å². The minimum absolute atomic E-state index is 0.265. The monoisotopic (exact) mass is 175 g/mol. The molecule has 3 heteroatoms. The molecule has 1 radical (unpaired) electrons. The predicted molar refractivity (Wildman–Crippen MR) is 48.0 cm³/mol. The van der Waals surface area contributed by atoms with Crippen LogP contribution in [0.25, 0.3) is 5.69 Å². The lowest BCUT2D eigenvalue weighted by molar-refractivity contribution is 0.625. The van der Waals surface area contributed by atoms with Crippen LogP contribution in [0.3, 0.4) is 0 Å². The summed E-state index contributed by atoms with van der Waals surface area (Å²) in [4.78, 5) is 0. The van der Waals surface area contributed by atoms with E-state index in [0.29, 0.717) is 5.69 Å². The Hall–Kier alpha value is -1.64. The second kappa shape index (κ2) is 3.01. The van der Waals surface area contributed by atoms with Gasteiger partial charge in [0.25, 0.3) is 0 Å². The van der Waals surface area contributed by atoms with Gasteiger partial charge in [0, 0.05) is 6.20 Å². The lowest BCUT2D eigenvalue weighted by Crippen LogP contribution is -1.93. The largest absolute Gasteiger partial charge is 0.241 e. The lowest BCUT2D eigenvalue weighted by atomic mass is 10.3. The van der Waals surface area contributed by atoms with E-state index in [0.717, 1.165) is 5.56 Å². The molecule has 1 heterocycles. The van der Waals surface area contributed by atoms with E-state index in [9.17, 15) is 4.39 Å². The fourth-order valence-electron chi connectivity index (χ4n) is 1.12. The number of nitrogens with zero attached hydrogens (tertiary/aromatic N) is 2. The van der Waals surface area contributed by atoms with E-state index in [4.69, 9.17) is 0 Å². The average molecular weight is 175 g/mol. The molecule has 2 nitrogen and oxygen atoms in total. The van der Waals surface area contributed by atoms with Crippen molar-refractivity contribution in [2.24, 2.45) is 0 Å². The molecule has 0 N–H and O–H groups in total. The molecule has 0 aliphatic heterocycles. The zero-order valence-corrected chi connectivity index (χ0v) is 6.94. The topological polar surface area (TPSA) is 17.8 Å². The van der Waals surface area contributed by atoms with Gasteiger partial charge in [-0.25, -0.2) is 9.07 Å². The molecule has 0 saturated heterocycles. The molecule has 2 aromatic rings. The maximum absolute atomic E-state index is 12.8. The van der Waals surface area contributed by atoms with Crippen molar-refractivity contribution in [3.63, 3.8) is 0 Å². The molecular weight excluding hydrogens is 167 g/mol. The molecule has 0 aliphatic rings. The highest BCUT2D eigenvalue weighted by molar-refractivity contribution is 5.32. The minimum Gasteiger partial charge on any atom is -0.241 e. The fraction of sp³-hybridized carbons (Fsp3) is 0. The van der Waals surface area contributed by atoms with E-state index in [1.54, 1.807) is 29.2 Å². The second-order valence-corrected chi connectivity index (χ2v) is 2.77. The van der Waals surface area contributed by atoms with Crippen molar-refractivity contribution < 1.29 is 4.39 Å². The van der Waals surface area contributed by atoms with Crippen LogP contribution in [-0.4, -0.2) is 9.78 Å². The summed E-state index contributed by atoms with van der Waals surface area (Å²) in [6.07, 6.45) is 3.37. The zero-order valence-electron chi connectivity index (χ0n) is 6.94. The first kappa shape index (κ1) is 7.98. The van der Waals surface area contributed by atoms with Gasteiger partial charge in [-0.3, -0.25) is 0 Å². The summed E-state index contributed by atoms with van der Waals surface area (Å²) in [5, 5.41) is 4.01. The number of hydrogen-bond donors (Lipinski definition) is 0. The van der Waals surface area contributed by atoms with Crippen molar-refractivity contribution in [1.82, 2.24) is 9.78 Å². The summed E-state index contributed by atoms with van der Waals surface area (Å²) in [5.74, 6) is -0.265. The van der Waals surface area contributed by atoms with Crippen LogP contribution >= 0.6 is 0 Å². The molecule has 0 bridgehead atoms. The van der Waals surface area contributed by atoms with Gasteiger partial charge in [-0.1, -0.05) is 6.07 Å². The Kier molecular flexibility index (Phi) is 1.85. The highest BCUT2D eigenvalue weighted by Crippen LogP contribution is 2.09. The van der Waals surface area contributed by atoms with Crippen LogP contribution in [0.5, 0.6) is 0 Å². The molecule has 0 unspecified atom stereocenters. The zero-order chi connectivity index (χ0) is 9.26.